The highest BCUT2D eigenvalue weighted by atomic mass is 32.2. The Morgan fingerprint density at radius 1 is 0.926 bits per heavy atom. The molecule has 1 N–H and O–H groups in total. The van der Waals surface area contributed by atoms with Gasteiger partial charge in [-0.1, -0.05) is 18.2 Å². The fourth-order valence-corrected chi connectivity index (χ4v) is 4.39. The van der Waals surface area contributed by atoms with Gasteiger partial charge in [0.2, 0.25) is 0 Å². The Morgan fingerprint density at radius 3 is 2.15 bits per heavy atom. The summed E-state index contributed by atoms with van der Waals surface area (Å²) in [4.78, 5) is 2.24. The van der Waals surface area contributed by atoms with Crippen LogP contribution < -0.4 is 10.2 Å². The highest BCUT2D eigenvalue weighted by Gasteiger charge is 2.17. The lowest BCUT2D eigenvalue weighted by Crippen LogP contribution is -2.25. The number of anilines is 2. The fourth-order valence-electron chi connectivity index (χ4n) is 2.79. The third kappa shape index (κ3) is 5.97. The summed E-state index contributed by atoms with van der Waals surface area (Å²) in [6, 6.07) is 14.2. The van der Waals surface area contributed by atoms with Gasteiger partial charge in [-0.3, -0.25) is 0 Å². The molecule has 148 valence electrons. The van der Waals surface area contributed by atoms with E-state index < -0.39 is 19.7 Å². The zero-order chi connectivity index (χ0) is 20.1. The van der Waals surface area contributed by atoms with Crippen LogP contribution in [-0.2, 0) is 19.7 Å². The third-order valence-corrected chi connectivity index (χ3v) is 6.45. The van der Waals surface area contributed by atoms with Crippen LogP contribution in [0.25, 0.3) is 0 Å². The summed E-state index contributed by atoms with van der Waals surface area (Å²) in [6.07, 6.45) is 2.94. The second-order valence-corrected chi connectivity index (χ2v) is 10.4. The summed E-state index contributed by atoms with van der Waals surface area (Å²) in [5.41, 5.74) is 1.57. The van der Waals surface area contributed by atoms with Crippen molar-refractivity contribution in [3.05, 3.63) is 48.5 Å². The minimum Gasteiger partial charge on any atom is -0.384 e. The van der Waals surface area contributed by atoms with E-state index in [1.807, 2.05) is 18.2 Å². The molecule has 0 aliphatic heterocycles. The molecule has 0 spiro atoms. The van der Waals surface area contributed by atoms with Crippen LogP contribution in [0.15, 0.2) is 58.3 Å². The highest BCUT2D eigenvalue weighted by molar-refractivity contribution is 7.91. The van der Waals surface area contributed by atoms with E-state index in [4.69, 9.17) is 0 Å². The first-order chi connectivity index (χ1) is 12.6. The topological polar surface area (TPSA) is 83.6 Å². The molecular formula is C19H26N2O4S2. The van der Waals surface area contributed by atoms with Crippen LogP contribution in [0.2, 0.25) is 0 Å². The zero-order valence-corrected chi connectivity index (χ0v) is 17.5. The van der Waals surface area contributed by atoms with E-state index in [0.717, 1.165) is 37.7 Å². The van der Waals surface area contributed by atoms with Gasteiger partial charge in [0.1, 0.15) is 0 Å². The lowest BCUT2D eigenvalue weighted by Gasteiger charge is -2.23. The number of para-hydroxylation sites is 1. The lowest BCUT2D eigenvalue weighted by atomic mass is 10.2. The summed E-state index contributed by atoms with van der Waals surface area (Å²) in [6.45, 7) is 4.36. The standard InChI is InChI=1S/C19H26N2O4S2/c1-4-21(16-9-6-5-7-10-16)14-8-13-20-18-12-11-17(26(2,22)23)15-19(18)27(3,24)25/h5-7,9-12,15,20H,4,8,13-14H2,1-3H3. The predicted octanol–water partition coefficient (Wildman–Crippen LogP) is 2.82. The van der Waals surface area contributed by atoms with E-state index in [2.05, 4.69) is 29.3 Å². The normalized spacial score (nSPS) is 12.0. The molecule has 2 rings (SSSR count). The first-order valence-corrected chi connectivity index (χ1v) is 12.5. The molecule has 2 aromatic rings. The van der Waals surface area contributed by atoms with E-state index in [0.29, 0.717) is 12.2 Å². The van der Waals surface area contributed by atoms with Crippen LogP contribution >= 0.6 is 0 Å². The molecule has 0 aliphatic carbocycles. The molecule has 27 heavy (non-hydrogen) atoms. The molecule has 0 radical (unpaired) electrons. The number of hydrogen-bond acceptors (Lipinski definition) is 6. The Bertz CT molecular complexity index is 972. The molecule has 0 bridgehead atoms. The van der Waals surface area contributed by atoms with Gasteiger partial charge in [-0.2, -0.15) is 0 Å². The summed E-state index contributed by atoms with van der Waals surface area (Å²) in [5, 5.41) is 3.13. The number of sulfone groups is 2. The lowest BCUT2D eigenvalue weighted by molar-refractivity contribution is 0.600. The Balaban J connectivity index is 2.07. The first-order valence-electron chi connectivity index (χ1n) is 8.71. The van der Waals surface area contributed by atoms with Crippen LogP contribution in [0.3, 0.4) is 0 Å². The van der Waals surface area contributed by atoms with Gasteiger partial charge in [0.25, 0.3) is 0 Å². The largest absolute Gasteiger partial charge is 0.384 e. The summed E-state index contributed by atoms with van der Waals surface area (Å²) in [7, 11) is -7.03. The van der Waals surface area contributed by atoms with Gasteiger partial charge in [-0.25, -0.2) is 16.8 Å². The summed E-state index contributed by atoms with van der Waals surface area (Å²) in [5.74, 6) is 0. The Labute approximate surface area is 162 Å². The second kappa shape index (κ2) is 8.75. The van der Waals surface area contributed by atoms with Crippen molar-refractivity contribution < 1.29 is 16.8 Å². The highest BCUT2D eigenvalue weighted by Crippen LogP contribution is 2.25. The number of hydrogen-bond donors (Lipinski definition) is 1. The van der Waals surface area contributed by atoms with Crippen molar-refractivity contribution in [1.29, 1.82) is 0 Å². The van der Waals surface area contributed by atoms with Crippen molar-refractivity contribution in [3.63, 3.8) is 0 Å². The molecule has 0 saturated heterocycles. The molecule has 8 heteroatoms. The van der Waals surface area contributed by atoms with E-state index in [9.17, 15) is 16.8 Å². The number of rotatable bonds is 9. The van der Waals surface area contributed by atoms with Crippen LogP contribution in [-0.4, -0.2) is 49.0 Å². The van der Waals surface area contributed by atoms with E-state index >= 15 is 0 Å². The van der Waals surface area contributed by atoms with E-state index in [1.54, 1.807) is 0 Å². The molecule has 0 atom stereocenters. The number of nitrogens with one attached hydrogen (secondary N) is 1. The third-order valence-electron chi connectivity index (χ3n) is 4.20. The molecule has 0 fully saturated rings. The maximum Gasteiger partial charge on any atom is 0.177 e. The minimum atomic E-state index is -3.55. The van der Waals surface area contributed by atoms with Crippen molar-refractivity contribution in [3.8, 4) is 0 Å². The monoisotopic (exact) mass is 410 g/mol. The predicted molar refractivity (Wildman–Crippen MR) is 110 cm³/mol. The number of benzene rings is 2. The van der Waals surface area contributed by atoms with Crippen LogP contribution in [0.4, 0.5) is 11.4 Å². The van der Waals surface area contributed by atoms with Gasteiger partial charge in [0, 0.05) is 37.8 Å². The summed E-state index contributed by atoms with van der Waals surface area (Å²) >= 11 is 0. The SMILES string of the molecule is CCN(CCCNc1ccc(S(C)(=O)=O)cc1S(C)(=O)=O)c1ccccc1. The van der Waals surface area contributed by atoms with Crippen molar-refractivity contribution >= 4 is 31.0 Å². The number of nitrogens with zero attached hydrogens (tertiary/aromatic N) is 1. The van der Waals surface area contributed by atoms with Crippen LogP contribution in [0.1, 0.15) is 13.3 Å². The van der Waals surface area contributed by atoms with E-state index in [1.165, 1.54) is 18.2 Å². The van der Waals surface area contributed by atoms with Crippen LogP contribution in [0.5, 0.6) is 0 Å². The molecule has 0 heterocycles. The minimum absolute atomic E-state index is 0.000770. The van der Waals surface area contributed by atoms with Gasteiger partial charge in [0.05, 0.1) is 15.5 Å². The molecule has 0 unspecified atom stereocenters. The van der Waals surface area contributed by atoms with Gasteiger partial charge in [-0.05, 0) is 43.7 Å². The molecule has 0 aromatic heterocycles. The molecule has 6 nitrogen and oxygen atoms in total. The van der Waals surface area contributed by atoms with Crippen molar-refractivity contribution in [2.24, 2.45) is 0 Å². The van der Waals surface area contributed by atoms with Crippen molar-refractivity contribution in [1.82, 2.24) is 0 Å². The molecule has 0 amide bonds. The van der Waals surface area contributed by atoms with E-state index in [-0.39, 0.29) is 9.79 Å². The molecular weight excluding hydrogens is 384 g/mol. The maximum atomic E-state index is 12.1. The maximum absolute atomic E-state index is 12.1. The zero-order valence-electron chi connectivity index (χ0n) is 15.8. The summed E-state index contributed by atoms with van der Waals surface area (Å²) < 4.78 is 47.5. The average molecular weight is 411 g/mol. The Kier molecular flexibility index (Phi) is 6.89. The first kappa shape index (κ1) is 21.2. The van der Waals surface area contributed by atoms with Crippen molar-refractivity contribution in [2.75, 3.05) is 42.4 Å². The Hall–Kier alpha value is -2.06. The average Bonchev–Trinajstić information content (AvgIpc) is 2.61. The quantitative estimate of drug-likeness (QED) is 0.640. The van der Waals surface area contributed by atoms with Gasteiger partial charge >= 0.3 is 0 Å². The van der Waals surface area contributed by atoms with Gasteiger partial charge < -0.3 is 10.2 Å². The Morgan fingerprint density at radius 2 is 1.59 bits per heavy atom. The molecule has 2 aromatic carbocycles. The van der Waals surface area contributed by atoms with Gasteiger partial charge in [0.15, 0.2) is 19.7 Å². The molecule has 0 saturated carbocycles. The fraction of sp³-hybridized carbons (Fsp3) is 0.368. The smallest absolute Gasteiger partial charge is 0.177 e. The molecule has 0 aliphatic rings. The van der Waals surface area contributed by atoms with Crippen molar-refractivity contribution in [2.45, 2.75) is 23.1 Å². The van der Waals surface area contributed by atoms with Gasteiger partial charge in [-0.15, -0.1) is 0 Å². The van der Waals surface area contributed by atoms with Crippen LogP contribution in [0, 0.1) is 0 Å². The second-order valence-electron chi connectivity index (χ2n) is 6.40.